The minimum atomic E-state index is -0.131. The zero-order chi connectivity index (χ0) is 12.4. The van der Waals surface area contributed by atoms with Gasteiger partial charge in [0, 0.05) is 18.9 Å². The predicted octanol–water partition coefficient (Wildman–Crippen LogP) is 1.30. The maximum absolute atomic E-state index is 5.89. The van der Waals surface area contributed by atoms with Crippen molar-refractivity contribution < 1.29 is 4.52 Å². The fourth-order valence-electron chi connectivity index (χ4n) is 2.51. The summed E-state index contributed by atoms with van der Waals surface area (Å²) in [5, 5.41) is 3.98. The molecule has 2 aromatic heterocycles. The van der Waals surface area contributed by atoms with Crippen molar-refractivity contribution in [1.82, 2.24) is 20.1 Å². The average Bonchev–Trinajstić information content (AvgIpc) is 3.09. The molecule has 0 spiro atoms. The highest BCUT2D eigenvalue weighted by molar-refractivity contribution is 5.45. The van der Waals surface area contributed by atoms with Crippen molar-refractivity contribution in [1.29, 1.82) is 0 Å². The molecule has 1 fully saturated rings. The second-order valence-electron chi connectivity index (χ2n) is 4.71. The molecule has 2 aromatic rings. The standard InChI is InChI=1S/C12H15N5O/c13-8-12(3-1-2-4-12)11-16-10(17-18-11)9-7-14-5-6-15-9/h5-7H,1-4,8,13H2. The smallest absolute Gasteiger partial charge is 0.234 e. The molecule has 0 radical (unpaired) electrons. The lowest BCUT2D eigenvalue weighted by Crippen LogP contribution is -2.32. The van der Waals surface area contributed by atoms with Crippen molar-refractivity contribution in [3.05, 3.63) is 24.5 Å². The third-order valence-electron chi connectivity index (χ3n) is 3.62. The second kappa shape index (κ2) is 4.45. The molecular formula is C12H15N5O. The largest absolute Gasteiger partial charge is 0.338 e. The summed E-state index contributed by atoms with van der Waals surface area (Å²) in [5.41, 5.74) is 6.38. The first-order valence-electron chi connectivity index (χ1n) is 6.15. The summed E-state index contributed by atoms with van der Waals surface area (Å²) in [6.07, 6.45) is 9.22. The second-order valence-corrected chi connectivity index (χ2v) is 4.71. The molecule has 1 saturated carbocycles. The van der Waals surface area contributed by atoms with Crippen molar-refractivity contribution in [2.24, 2.45) is 5.73 Å². The highest BCUT2D eigenvalue weighted by Gasteiger charge is 2.39. The van der Waals surface area contributed by atoms with Crippen LogP contribution in [0.25, 0.3) is 11.5 Å². The van der Waals surface area contributed by atoms with Crippen LogP contribution in [0, 0.1) is 0 Å². The van der Waals surface area contributed by atoms with Gasteiger partial charge in [-0.25, -0.2) is 4.98 Å². The summed E-state index contributed by atoms with van der Waals surface area (Å²) in [5.74, 6) is 1.13. The van der Waals surface area contributed by atoms with E-state index in [1.807, 2.05) is 0 Å². The van der Waals surface area contributed by atoms with Crippen LogP contribution in [0.4, 0.5) is 0 Å². The molecule has 0 bridgehead atoms. The maximum atomic E-state index is 5.89. The van der Waals surface area contributed by atoms with Gasteiger partial charge in [-0.15, -0.1) is 0 Å². The van der Waals surface area contributed by atoms with E-state index in [1.54, 1.807) is 18.6 Å². The first-order chi connectivity index (χ1) is 8.84. The van der Waals surface area contributed by atoms with Gasteiger partial charge in [0.2, 0.25) is 11.7 Å². The Hall–Kier alpha value is -1.82. The number of aromatic nitrogens is 4. The predicted molar refractivity (Wildman–Crippen MR) is 64.5 cm³/mol. The molecule has 6 heteroatoms. The lowest BCUT2D eigenvalue weighted by atomic mass is 9.86. The van der Waals surface area contributed by atoms with Crippen molar-refractivity contribution in [2.75, 3.05) is 6.54 Å². The van der Waals surface area contributed by atoms with Gasteiger partial charge in [0.15, 0.2) is 0 Å². The summed E-state index contributed by atoms with van der Waals surface area (Å²) >= 11 is 0. The molecule has 94 valence electrons. The molecule has 0 aromatic carbocycles. The van der Waals surface area contributed by atoms with Gasteiger partial charge in [-0.05, 0) is 12.8 Å². The maximum Gasteiger partial charge on any atom is 0.234 e. The Kier molecular flexibility index (Phi) is 2.79. The normalized spacial score (nSPS) is 18.1. The van der Waals surface area contributed by atoms with Gasteiger partial charge >= 0.3 is 0 Å². The Labute approximate surface area is 105 Å². The average molecular weight is 245 g/mol. The van der Waals surface area contributed by atoms with Crippen LogP contribution in [0.15, 0.2) is 23.1 Å². The molecule has 0 aliphatic heterocycles. The lowest BCUT2D eigenvalue weighted by Gasteiger charge is -2.21. The third-order valence-corrected chi connectivity index (χ3v) is 3.62. The highest BCUT2D eigenvalue weighted by atomic mass is 16.5. The molecule has 0 amide bonds. The zero-order valence-electron chi connectivity index (χ0n) is 10.0. The van der Waals surface area contributed by atoms with E-state index in [2.05, 4.69) is 20.1 Å². The van der Waals surface area contributed by atoms with E-state index in [-0.39, 0.29) is 5.41 Å². The summed E-state index contributed by atoms with van der Waals surface area (Å²) in [7, 11) is 0. The summed E-state index contributed by atoms with van der Waals surface area (Å²) in [6, 6.07) is 0. The molecule has 2 heterocycles. The van der Waals surface area contributed by atoms with Crippen LogP contribution in [0.1, 0.15) is 31.6 Å². The number of nitrogens with zero attached hydrogens (tertiary/aromatic N) is 4. The van der Waals surface area contributed by atoms with E-state index in [9.17, 15) is 0 Å². The van der Waals surface area contributed by atoms with Crippen LogP contribution in [-0.4, -0.2) is 26.7 Å². The van der Waals surface area contributed by atoms with Crippen molar-refractivity contribution in [3.63, 3.8) is 0 Å². The Morgan fingerprint density at radius 3 is 2.78 bits per heavy atom. The Balaban J connectivity index is 1.94. The Bertz CT molecular complexity index is 518. The summed E-state index contributed by atoms with van der Waals surface area (Å²) in [4.78, 5) is 12.6. The topological polar surface area (TPSA) is 90.7 Å². The van der Waals surface area contributed by atoms with Gasteiger partial charge in [-0.3, -0.25) is 4.98 Å². The van der Waals surface area contributed by atoms with Crippen molar-refractivity contribution in [3.8, 4) is 11.5 Å². The number of rotatable bonds is 3. The Morgan fingerprint density at radius 2 is 2.11 bits per heavy atom. The zero-order valence-corrected chi connectivity index (χ0v) is 10.0. The van der Waals surface area contributed by atoms with E-state index in [0.29, 0.717) is 24.0 Å². The quantitative estimate of drug-likeness (QED) is 0.876. The van der Waals surface area contributed by atoms with Crippen LogP contribution >= 0.6 is 0 Å². The molecule has 1 aliphatic carbocycles. The van der Waals surface area contributed by atoms with E-state index < -0.39 is 0 Å². The summed E-state index contributed by atoms with van der Waals surface area (Å²) < 4.78 is 5.39. The molecule has 6 nitrogen and oxygen atoms in total. The summed E-state index contributed by atoms with van der Waals surface area (Å²) in [6.45, 7) is 0.551. The van der Waals surface area contributed by atoms with Gasteiger partial charge in [-0.2, -0.15) is 4.98 Å². The lowest BCUT2D eigenvalue weighted by molar-refractivity contribution is 0.284. The number of hydrogen-bond donors (Lipinski definition) is 1. The first-order valence-corrected chi connectivity index (χ1v) is 6.15. The molecular weight excluding hydrogens is 230 g/mol. The van der Waals surface area contributed by atoms with Crippen LogP contribution in [-0.2, 0) is 5.41 Å². The first kappa shape index (κ1) is 11.3. The molecule has 0 saturated heterocycles. The van der Waals surface area contributed by atoms with Gasteiger partial charge in [-0.1, -0.05) is 18.0 Å². The SMILES string of the molecule is NCC1(c2nc(-c3cnccn3)no2)CCCC1. The van der Waals surface area contributed by atoms with Crippen LogP contribution in [0.3, 0.4) is 0 Å². The fraction of sp³-hybridized carbons (Fsp3) is 0.500. The van der Waals surface area contributed by atoms with Crippen LogP contribution < -0.4 is 5.73 Å². The van der Waals surface area contributed by atoms with Gasteiger partial charge in [0.05, 0.1) is 11.6 Å². The third kappa shape index (κ3) is 1.78. The van der Waals surface area contributed by atoms with E-state index in [0.717, 1.165) is 12.8 Å². The molecule has 2 N–H and O–H groups in total. The number of nitrogens with two attached hydrogens (primary N) is 1. The molecule has 0 atom stereocenters. The Morgan fingerprint density at radius 1 is 1.28 bits per heavy atom. The van der Waals surface area contributed by atoms with Gasteiger partial charge in [0.1, 0.15) is 5.69 Å². The van der Waals surface area contributed by atoms with Gasteiger partial charge in [0.25, 0.3) is 0 Å². The van der Waals surface area contributed by atoms with Crippen molar-refractivity contribution in [2.45, 2.75) is 31.1 Å². The monoisotopic (exact) mass is 245 g/mol. The van der Waals surface area contributed by atoms with E-state index >= 15 is 0 Å². The van der Waals surface area contributed by atoms with Crippen molar-refractivity contribution >= 4 is 0 Å². The fourth-order valence-corrected chi connectivity index (χ4v) is 2.51. The molecule has 0 unspecified atom stereocenters. The molecule has 1 aliphatic rings. The number of hydrogen-bond acceptors (Lipinski definition) is 6. The van der Waals surface area contributed by atoms with Crippen LogP contribution in [0.5, 0.6) is 0 Å². The highest BCUT2D eigenvalue weighted by Crippen LogP contribution is 2.39. The minimum absolute atomic E-state index is 0.131. The van der Waals surface area contributed by atoms with E-state index in [4.69, 9.17) is 10.3 Å². The molecule has 3 rings (SSSR count). The molecule has 18 heavy (non-hydrogen) atoms. The van der Waals surface area contributed by atoms with Crippen LogP contribution in [0.2, 0.25) is 0 Å². The minimum Gasteiger partial charge on any atom is -0.338 e. The van der Waals surface area contributed by atoms with E-state index in [1.165, 1.54) is 12.8 Å². The van der Waals surface area contributed by atoms with Gasteiger partial charge < -0.3 is 10.3 Å².